The predicted molar refractivity (Wildman–Crippen MR) is 99.1 cm³/mol. The molecule has 0 bridgehead atoms. The second-order valence-corrected chi connectivity index (χ2v) is 6.76. The Bertz CT molecular complexity index is 881. The molecule has 0 aliphatic rings. The molecule has 1 atom stereocenters. The summed E-state index contributed by atoms with van der Waals surface area (Å²) < 4.78 is 43.8. The van der Waals surface area contributed by atoms with Crippen LogP contribution in [0.15, 0.2) is 34.2 Å². The van der Waals surface area contributed by atoms with Crippen molar-refractivity contribution >= 4 is 23.7 Å². The van der Waals surface area contributed by atoms with Crippen LogP contribution in [0.3, 0.4) is 0 Å². The first kappa shape index (κ1) is 21.3. The SMILES string of the molecule is CNC(C)Cc1noc(Cc2csc(-c3cccc(C(F)(F)F)c3)n2)n1.Cl. The van der Waals surface area contributed by atoms with E-state index in [1.54, 1.807) is 11.4 Å². The van der Waals surface area contributed by atoms with Crippen molar-refractivity contribution in [3.8, 4) is 10.6 Å². The van der Waals surface area contributed by atoms with Gasteiger partial charge in [0.2, 0.25) is 5.89 Å². The number of nitrogens with one attached hydrogen (secondary N) is 1. The van der Waals surface area contributed by atoms with Crippen LogP contribution in [0.2, 0.25) is 0 Å². The molecule has 10 heteroatoms. The number of thiazole rings is 1. The van der Waals surface area contributed by atoms with Crippen LogP contribution in [0, 0.1) is 0 Å². The summed E-state index contributed by atoms with van der Waals surface area (Å²) in [6, 6.07) is 5.37. The first-order valence-electron chi connectivity index (χ1n) is 7.96. The zero-order valence-corrected chi connectivity index (χ0v) is 16.2. The molecule has 0 radical (unpaired) electrons. The maximum absolute atomic E-state index is 12.8. The lowest BCUT2D eigenvalue weighted by molar-refractivity contribution is -0.137. The van der Waals surface area contributed by atoms with Gasteiger partial charge in [-0.1, -0.05) is 17.3 Å². The molecule has 3 rings (SSSR count). The average molecular weight is 419 g/mol. The summed E-state index contributed by atoms with van der Waals surface area (Å²) in [6.45, 7) is 2.01. The van der Waals surface area contributed by atoms with Crippen molar-refractivity contribution in [1.82, 2.24) is 20.4 Å². The van der Waals surface area contributed by atoms with Crippen molar-refractivity contribution in [3.05, 3.63) is 52.6 Å². The normalized spacial score (nSPS) is 12.6. The monoisotopic (exact) mass is 418 g/mol. The van der Waals surface area contributed by atoms with Crippen LogP contribution >= 0.6 is 23.7 Å². The van der Waals surface area contributed by atoms with Gasteiger partial charge in [0.25, 0.3) is 0 Å². The lowest BCUT2D eigenvalue weighted by Gasteiger charge is -2.07. The highest BCUT2D eigenvalue weighted by molar-refractivity contribution is 7.13. The number of hydrogen-bond acceptors (Lipinski definition) is 6. The lowest BCUT2D eigenvalue weighted by atomic mass is 10.1. The molecule has 2 aromatic heterocycles. The summed E-state index contributed by atoms with van der Waals surface area (Å²) in [5.74, 6) is 1.04. The Balaban J connectivity index is 0.00000261. The van der Waals surface area contributed by atoms with E-state index in [0.717, 1.165) is 12.1 Å². The Morgan fingerprint density at radius 3 is 2.74 bits per heavy atom. The summed E-state index contributed by atoms with van der Waals surface area (Å²) >= 11 is 1.28. The van der Waals surface area contributed by atoms with Crippen LogP contribution in [-0.4, -0.2) is 28.2 Å². The summed E-state index contributed by atoms with van der Waals surface area (Å²) in [5.41, 5.74) is 0.427. The van der Waals surface area contributed by atoms with Gasteiger partial charge < -0.3 is 9.84 Å². The minimum atomic E-state index is -4.37. The summed E-state index contributed by atoms with van der Waals surface area (Å²) in [4.78, 5) is 8.72. The van der Waals surface area contributed by atoms with Crippen molar-refractivity contribution in [2.45, 2.75) is 32.0 Å². The third-order valence-corrected chi connectivity index (χ3v) is 4.75. The van der Waals surface area contributed by atoms with E-state index in [2.05, 4.69) is 20.4 Å². The van der Waals surface area contributed by atoms with Crippen molar-refractivity contribution in [1.29, 1.82) is 0 Å². The molecule has 27 heavy (non-hydrogen) atoms. The van der Waals surface area contributed by atoms with Gasteiger partial charge in [0.1, 0.15) is 5.01 Å². The second-order valence-electron chi connectivity index (χ2n) is 5.90. The fourth-order valence-electron chi connectivity index (χ4n) is 2.33. The molecular formula is C17H18ClF3N4OS. The van der Waals surface area contributed by atoms with Crippen LogP contribution < -0.4 is 5.32 Å². The van der Waals surface area contributed by atoms with E-state index < -0.39 is 11.7 Å². The van der Waals surface area contributed by atoms with E-state index in [1.165, 1.54) is 17.4 Å². The average Bonchev–Trinajstić information content (AvgIpc) is 3.24. The standard InChI is InChI=1S/C17H17F3N4OS.ClH/c1-10(21-2)6-14-23-15(25-24-14)8-13-9-26-16(22-13)11-4-3-5-12(7-11)17(18,19)20;/h3-5,7,9-10,21H,6,8H2,1-2H3;1H. The van der Waals surface area contributed by atoms with Crippen LogP contribution in [0.25, 0.3) is 10.6 Å². The van der Waals surface area contributed by atoms with Gasteiger partial charge in [-0.25, -0.2) is 4.98 Å². The number of likely N-dealkylation sites (N-methyl/N-ethyl adjacent to an activating group) is 1. The van der Waals surface area contributed by atoms with E-state index in [4.69, 9.17) is 4.52 Å². The van der Waals surface area contributed by atoms with E-state index in [1.807, 2.05) is 14.0 Å². The molecule has 0 aliphatic carbocycles. The Morgan fingerprint density at radius 2 is 2.04 bits per heavy atom. The molecule has 0 saturated carbocycles. The maximum Gasteiger partial charge on any atom is 0.416 e. The third kappa shape index (κ3) is 5.50. The summed E-state index contributed by atoms with van der Waals surface area (Å²) in [5, 5.41) is 9.34. The van der Waals surface area contributed by atoms with Crippen LogP contribution in [-0.2, 0) is 19.0 Å². The van der Waals surface area contributed by atoms with Crippen molar-refractivity contribution in [2.24, 2.45) is 0 Å². The molecule has 146 valence electrons. The molecule has 3 aromatic rings. The van der Waals surface area contributed by atoms with Crippen molar-refractivity contribution in [2.75, 3.05) is 7.05 Å². The smallest absolute Gasteiger partial charge is 0.339 e. The predicted octanol–water partition coefficient (Wildman–Crippen LogP) is 4.37. The molecule has 1 unspecified atom stereocenters. The molecule has 2 heterocycles. The molecule has 0 aliphatic heterocycles. The fourth-order valence-corrected chi connectivity index (χ4v) is 3.14. The van der Waals surface area contributed by atoms with Gasteiger partial charge in [-0.05, 0) is 26.1 Å². The summed E-state index contributed by atoms with van der Waals surface area (Å²) in [6.07, 6.45) is -3.39. The van der Waals surface area contributed by atoms with Crippen molar-refractivity contribution < 1.29 is 17.7 Å². The number of alkyl halides is 3. The maximum atomic E-state index is 12.8. The number of hydrogen-bond donors (Lipinski definition) is 1. The van der Waals surface area contributed by atoms with E-state index in [9.17, 15) is 13.2 Å². The van der Waals surface area contributed by atoms with Gasteiger partial charge in [0.05, 0.1) is 17.7 Å². The fraction of sp³-hybridized carbons (Fsp3) is 0.353. The number of benzene rings is 1. The summed E-state index contributed by atoms with van der Waals surface area (Å²) in [7, 11) is 1.86. The minimum absolute atomic E-state index is 0. The molecule has 0 spiro atoms. The zero-order chi connectivity index (χ0) is 18.7. The molecule has 0 fully saturated rings. The Morgan fingerprint density at radius 1 is 1.26 bits per heavy atom. The highest BCUT2D eigenvalue weighted by Crippen LogP contribution is 2.33. The van der Waals surface area contributed by atoms with Gasteiger partial charge in [0, 0.05) is 23.4 Å². The van der Waals surface area contributed by atoms with Gasteiger partial charge in [-0.2, -0.15) is 18.2 Å². The zero-order valence-electron chi connectivity index (χ0n) is 14.6. The minimum Gasteiger partial charge on any atom is -0.339 e. The van der Waals surface area contributed by atoms with Gasteiger partial charge in [0.15, 0.2) is 5.82 Å². The highest BCUT2D eigenvalue weighted by atomic mass is 35.5. The topological polar surface area (TPSA) is 63.8 Å². The molecular weight excluding hydrogens is 401 g/mol. The Hall–Kier alpha value is -1.97. The molecule has 1 aromatic carbocycles. The number of aromatic nitrogens is 3. The molecule has 0 saturated heterocycles. The largest absolute Gasteiger partial charge is 0.416 e. The van der Waals surface area contributed by atoms with E-state index >= 15 is 0 Å². The van der Waals surface area contributed by atoms with E-state index in [-0.39, 0.29) is 18.4 Å². The van der Waals surface area contributed by atoms with Crippen LogP contribution in [0.5, 0.6) is 0 Å². The first-order chi connectivity index (χ1) is 12.3. The molecule has 0 amide bonds. The molecule has 1 N–H and O–H groups in total. The first-order valence-corrected chi connectivity index (χ1v) is 8.84. The van der Waals surface area contributed by atoms with Crippen LogP contribution in [0.1, 0.15) is 29.9 Å². The van der Waals surface area contributed by atoms with E-state index in [0.29, 0.717) is 40.8 Å². The number of halogens is 4. The number of nitrogens with zero attached hydrogens (tertiary/aromatic N) is 3. The third-order valence-electron chi connectivity index (χ3n) is 3.81. The van der Waals surface area contributed by atoms with Gasteiger partial charge in [-0.15, -0.1) is 23.7 Å². The Labute approximate surface area is 164 Å². The second kappa shape index (κ2) is 8.81. The highest BCUT2D eigenvalue weighted by Gasteiger charge is 2.30. The number of rotatable bonds is 6. The Kier molecular flexibility index (Phi) is 6.96. The quantitative estimate of drug-likeness (QED) is 0.643. The van der Waals surface area contributed by atoms with Gasteiger partial charge >= 0.3 is 6.18 Å². The molecule has 5 nitrogen and oxygen atoms in total. The lowest BCUT2D eigenvalue weighted by Crippen LogP contribution is -2.24. The van der Waals surface area contributed by atoms with Gasteiger partial charge in [-0.3, -0.25) is 0 Å². The van der Waals surface area contributed by atoms with Crippen molar-refractivity contribution in [3.63, 3.8) is 0 Å². The van der Waals surface area contributed by atoms with Crippen LogP contribution in [0.4, 0.5) is 13.2 Å².